The Morgan fingerprint density at radius 2 is 1.07 bits per heavy atom. The summed E-state index contributed by atoms with van der Waals surface area (Å²) in [5, 5.41) is 8.92. The zero-order valence-corrected chi connectivity index (χ0v) is 31.5. The molecule has 5 heterocycles. The highest BCUT2D eigenvalue weighted by Crippen LogP contribution is 2.43. The summed E-state index contributed by atoms with van der Waals surface area (Å²) in [6, 6.07) is 59.0. The highest BCUT2D eigenvalue weighted by molar-refractivity contribution is 7.26. The van der Waals surface area contributed by atoms with Crippen LogP contribution in [0.3, 0.4) is 0 Å². The molecule has 6 nitrogen and oxygen atoms in total. The van der Waals surface area contributed by atoms with Crippen molar-refractivity contribution in [3.05, 3.63) is 170 Å². The van der Waals surface area contributed by atoms with Crippen molar-refractivity contribution in [2.24, 2.45) is 0 Å². The molecule has 58 heavy (non-hydrogen) atoms. The van der Waals surface area contributed by atoms with Gasteiger partial charge in [0.2, 0.25) is 0 Å². The number of para-hydroxylation sites is 2. The Kier molecular flexibility index (Phi) is 6.50. The number of thiophene rings is 1. The van der Waals surface area contributed by atoms with E-state index in [1.807, 2.05) is 42.5 Å². The van der Waals surface area contributed by atoms with E-state index in [9.17, 15) is 0 Å². The van der Waals surface area contributed by atoms with Gasteiger partial charge >= 0.3 is 0 Å². The monoisotopic (exact) mass is 760 g/mol. The van der Waals surface area contributed by atoms with Gasteiger partial charge in [0.05, 0.1) is 16.4 Å². The third kappa shape index (κ3) is 4.56. The zero-order valence-electron chi connectivity index (χ0n) is 30.7. The van der Waals surface area contributed by atoms with Crippen molar-refractivity contribution >= 4 is 97.2 Å². The lowest BCUT2D eigenvalue weighted by Crippen LogP contribution is -2.00. The van der Waals surface area contributed by atoms with Crippen molar-refractivity contribution in [1.82, 2.24) is 19.5 Å². The van der Waals surface area contributed by atoms with Crippen LogP contribution in [-0.4, -0.2) is 19.5 Å². The minimum atomic E-state index is 0.579. The molecular formula is C51H28N4O2S. The smallest absolute Gasteiger partial charge is 0.165 e. The van der Waals surface area contributed by atoms with Gasteiger partial charge in [-0.1, -0.05) is 103 Å². The van der Waals surface area contributed by atoms with Crippen molar-refractivity contribution < 1.29 is 8.83 Å². The number of aromatic nitrogens is 4. The molecule has 0 spiro atoms. The second-order valence-electron chi connectivity index (χ2n) is 14.7. The fourth-order valence-corrected chi connectivity index (χ4v) is 10.0. The number of furan rings is 2. The molecular weight excluding hydrogens is 733 g/mol. The topological polar surface area (TPSA) is 69.9 Å². The molecule has 0 atom stereocenters. The van der Waals surface area contributed by atoms with Gasteiger partial charge in [-0.05, 0) is 60.7 Å². The maximum Gasteiger partial charge on any atom is 0.165 e. The summed E-state index contributed by atoms with van der Waals surface area (Å²) in [6.07, 6.45) is 0. The molecule has 0 unspecified atom stereocenters. The van der Waals surface area contributed by atoms with Crippen LogP contribution in [0.4, 0.5) is 0 Å². The summed E-state index contributed by atoms with van der Waals surface area (Å²) in [6.45, 7) is 0. The Bertz CT molecular complexity index is 3760. The molecule has 0 N–H and O–H groups in total. The number of hydrogen-bond acceptors (Lipinski definition) is 6. The molecule has 8 aromatic carbocycles. The number of rotatable bonds is 4. The summed E-state index contributed by atoms with van der Waals surface area (Å²) >= 11 is 1.77. The van der Waals surface area contributed by atoms with Crippen LogP contribution in [0, 0.1) is 0 Å². The van der Waals surface area contributed by atoms with Crippen LogP contribution in [0.25, 0.3) is 126 Å². The number of hydrogen-bond donors (Lipinski definition) is 0. The second-order valence-corrected chi connectivity index (χ2v) is 15.8. The molecule has 0 amide bonds. The van der Waals surface area contributed by atoms with Crippen LogP contribution in [0.2, 0.25) is 0 Å². The maximum absolute atomic E-state index is 6.79. The predicted octanol–water partition coefficient (Wildman–Crippen LogP) is 14.1. The molecule has 0 radical (unpaired) electrons. The van der Waals surface area contributed by atoms with Crippen LogP contribution >= 0.6 is 11.3 Å². The second kappa shape index (κ2) is 11.9. The lowest BCUT2D eigenvalue weighted by atomic mass is 10.1. The fraction of sp³-hybridized carbons (Fsp3) is 0. The Hall–Kier alpha value is -7.61. The lowest BCUT2D eigenvalue weighted by Gasteiger charge is -2.09. The minimum absolute atomic E-state index is 0.579. The quantitative estimate of drug-likeness (QED) is 0.179. The number of benzene rings is 8. The summed E-state index contributed by atoms with van der Waals surface area (Å²) in [7, 11) is 0. The molecule has 13 aromatic rings. The molecule has 0 aliphatic carbocycles. The van der Waals surface area contributed by atoms with E-state index in [0.29, 0.717) is 17.5 Å². The number of fused-ring (bicyclic) bond motifs is 13. The summed E-state index contributed by atoms with van der Waals surface area (Å²) in [4.78, 5) is 15.3. The van der Waals surface area contributed by atoms with Crippen molar-refractivity contribution in [3.8, 4) is 39.9 Å². The summed E-state index contributed by atoms with van der Waals surface area (Å²) in [5.74, 6) is 1.83. The van der Waals surface area contributed by atoms with E-state index >= 15 is 0 Å². The average molecular weight is 761 g/mol. The van der Waals surface area contributed by atoms with Crippen LogP contribution < -0.4 is 0 Å². The van der Waals surface area contributed by atoms with Gasteiger partial charge in [0, 0.05) is 75.5 Å². The molecule has 0 bridgehead atoms. The molecule has 7 heteroatoms. The van der Waals surface area contributed by atoms with Gasteiger partial charge in [0.1, 0.15) is 22.3 Å². The van der Waals surface area contributed by atoms with Crippen molar-refractivity contribution in [2.75, 3.05) is 0 Å². The third-order valence-electron chi connectivity index (χ3n) is 11.5. The molecule has 5 aromatic heterocycles. The van der Waals surface area contributed by atoms with E-state index in [2.05, 4.69) is 132 Å². The minimum Gasteiger partial charge on any atom is -0.456 e. The van der Waals surface area contributed by atoms with E-state index in [0.717, 1.165) is 82.0 Å². The van der Waals surface area contributed by atoms with Gasteiger partial charge in [0.25, 0.3) is 0 Å². The van der Waals surface area contributed by atoms with E-state index in [1.54, 1.807) is 11.3 Å². The van der Waals surface area contributed by atoms with E-state index < -0.39 is 0 Å². The Labute approximate surface area is 333 Å². The maximum atomic E-state index is 6.79. The Morgan fingerprint density at radius 3 is 1.90 bits per heavy atom. The average Bonchev–Trinajstić information content (AvgIpc) is 4.04. The summed E-state index contributed by atoms with van der Waals surface area (Å²) < 4.78 is 18.1. The molecule has 0 fully saturated rings. The Balaban J connectivity index is 0.971. The molecule has 0 saturated carbocycles. The van der Waals surface area contributed by atoms with Crippen LogP contribution in [0.1, 0.15) is 0 Å². The molecule has 0 saturated heterocycles. The first-order valence-electron chi connectivity index (χ1n) is 19.3. The van der Waals surface area contributed by atoms with Crippen molar-refractivity contribution in [1.29, 1.82) is 0 Å². The van der Waals surface area contributed by atoms with Crippen molar-refractivity contribution in [2.45, 2.75) is 0 Å². The first kappa shape index (κ1) is 31.6. The van der Waals surface area contributed by atoms with Gasteiger partial charge in [-0.25, -0.2) is 15.0 Å². The molecule has 0 aliphatic rings. The lowest BCUT2D eigenvalue weighted by molar-refractivity contribution is 0.662. The first-order chi connectivity index (χ1) is 28.7. The standard InChI is InChI=1S/C51H28N4O2S/c1-2-11-29(12-3-1)49-52-50(54-51(53-49)39-17-10-16-37-35-15-6-9-20-45(35)58-48(37)39)30-21-23-38-43(27-30)56-42-26-25-36-34-24-22-31(28-44(34)57-47(36)46(38)42)55-40-18-7-4-13-32(40)33-14-5-8-19-41(33)55/h1-28H. The van der Waals surface area contributed by atoms with Crippen molar-refractivity contribution in [3.63, 3.8) is 0 Å². The third-order valence-corrected chi connectivity index (χ3v) is 12.7. The summed E-state index contributed by atoms with van der Waals surface area (Å²) in [5.41, 5.74) is 9.27. The van der Waals surface area contributed by atoms with Gasteiger partial charge in [0.15, 0.2) is 17.5 Å². The van der Waals surface area contributed by atoms with Crippen LogP contribution in [-0.2, 0) is 0 Å². The van der Waals surface area contributed by atoms with Crippen LogP contribution in [0.5, 0.6) is 0 Å². The SMILES string of the molecule is c1ccc(-c2nc(-c3ccc4c(c3)oc3ccc5c6ccc(-n7c8ccccc8c8ccccc87)cc6oc5c34)nc(-c3cccc4c3sc3ccccc34)n2)cc1. The number of nitrogens with zero attached hydrogens (tertiary/aromatic N) is 4. The highest BCUT2D eigenvalue weighted by atomic mass is 32.1. The Morgan fingerprint density at radius 1 is 0.414 bits per heavy atom. The molecule has 270 valence electrons. The molecule has 13 rings (SSSR count). The van der Waals surface area contributed by atoms with Crippen LogP contribution in [0.15, 0.2) is 179 Å². The highest BCUT2D eigenvalue weighted by Gasteiger charge is 2.21. The largest absolute Gasteiger partial charge is 0.456 e. The fourth-order valence-electron chi connectivity index (χ4n) is 8.83. The van der Waals surface area contributed by atoms with Gasteiger partial charge in [-0.15, -0.1) is 11.3 Å². The normalized spacial score (nSPS) is 12.1. The first-order valence-corrected chi connectivity index (χ1v) is 20.1. The van der Waals surface area contributed by atoms with E-state index in [-0.39, 0.29) is 0 Å². The van der Waals surface area contributed by atoms with E-state index in [1.165, 1.54) is 26.2 Å². The van der Waals surface area contributed by atoms with Gasteiger partial charge in [-0.3, -0.25) is 0 Å². The molecule has 0 aliphatic heterocycles. The van der Waals surface area contributed by atoms with E-state index in [4.69, 9.17) is 23.8 Å². The van der Waals surface area contributed by atoms with Gasteiger partial charge < -0.3 is 13.4 Å². The van der Waals surface area contributed by atoms with Gasteiger partial charge in [-0.2, -0.15) is 0 Å². The predicted molar refractivity (Wildman–Crippen MR) is 238 cm³/mol. The zero-order chi connectivity index (χ0) is 37.9.